The molecule has 2 amide bonds. The number of halogens is 3. The lowest BCUT2D eigenvalue weighted by Gasteiger charge is -2.35. The van der Waals surface area contributed by atoms with E-state index in [1.165, 1.54) is 12.1 Å². The Labute approximate surface area is 188 Å². The van der Waals surface area contributed by atoms with Gasteiger partial charge in [0.25, 0.3) is 11.8 Å². The molecule has 1 aromatic heterocycles. The van der Waals surface area contributed by atoms with E-state index in [-0.39, 0.29) is 22.4 Å². The molecule has 0 atom stereocenters. The van der Waals surface area contributed by atoms with E-state index in [9.17, 15) is 14.0 Å². The van der Waals surface area contributed by atoms with Gasteiger partial charge in [0.05, 0.1) is 33.7 Å². The molecule has 1 fully saturated rings. The van der Waals surface area contributed by atoms with Crippen molar-refractivity contribution >= 4 is 35.0 Å². The maximum absolute atomic E-state index is 13.2. The average Bonchev–Trinajstić information content (AvgIpc) is 3.14. The van der Waals surface area contributed by atoms with Gasteiger partial charge in [-0.05, 0) is 43.3 Å². The van der Waals surface area contributed by atoms with E-state index in [4.69, 9.17) is 23.2 Å². The smallest absolute Gasteiger partial charge is 0.257 e. The second-order valence-electron chi connectivity index (χ2n) is 7.24. The summed E-state index contributed by atoms with van der Waals surface area (Å²) >= 11 is 12.1. The van der Waals surface area contributed by atoms with Crippen molar-refractivity contribution in [1.29, 1.82) is 0 Å². The first kappa shape index (κ1) is 21.3. The Balaban J connectivity index is 1.45. The Morgan fingerprint density at radius 2 is 1.58 bits per heavy atom. The summed E-state index contributed by atoms with van der Waals surface area (Å²) in [6, 6.07) is 10.9. The van der Waals surface area contributed by atoms with Crippen LogP contribution in [0.1, 0.15) is 26.4 Å². The molecule has 1 saturated heterocycles. The van der Waals surface area contributed by atoms with Crippen LogP contribution in [0, 0.1) is 12.7 Å². The fourth-order valence-corrected chi connectivity index (χ4v) is 4.04. The number of hydrogen-bond donors (Lipinski definition) is 0. The molecule has 0 saturated carbocycles. The number of hydrogen-bond acceptors (Lipinski definition) is 3. The zero-order valence-electron chi connectivity index (χ0n) is 16.7. The van der Waals surface area contributed by atoms with Crippen LogP contribution in [0.3, 0.4) is 0 Å². The summed E-state index contributed by atoms with van der Waals surface area (Å²) in [6.45, 7) is 3.31. The minimum absolute atomic E-state index is 0.0764. The highest BCUT2D eigenvalue weighted by Gasteiger charge is 2.28. The maximum Gasteiger partial charge on any atom is 0.257 e. The third-order valence-electron chi connectivity index (χ3n) is 5.31. The molecule has 2 aromatic carbocycles. The summed E-state index contributed by atoms with van der Waals surface area (Å²) in [7, 11) is 0. The summed E-state index contributed by atoms with van der Waals surface area (Å²) in [6.07, 6.45) is 1.55. The monoisotopic (exact) mass is 460 g/mol. The number of piperazine rings is 1. The number of carbonyl (C=O) groups is 2. The average molecular weight is 461 g/mol. The quantitative estimate of drug-likeness (QED) is 0.587. The van der Waals surface area contributed by atoms with Crippen molar-refractivity contribution in [1.82, 2.24) is 19.6 Å². The Morgan fingerprint density at radius 3 is 2.19 bits per heavy atom. The van der Waals surface area contributed by atoms with Gasteiger partial charge in [-0.2, -0.15) is 5.10 Å². The summed E-state index contributed by atoms with van der Waals surface area (Å²) in [5, 5.41) is 5.01. The minimum atomic E-state index is -0.495. The Hall–Kier alpha value is -2.90. The minimum Gasteiger partial charge on any atom is -0.335 e. The first-order valence-corrected chi connectivity index (χ1v) is 10.4. The standard InChI is InChI=1S/C22H19Cl2FN4O2/c1-14-19(13-26-29(14)17-4-2-3-15(23)11-17)22(31)28-9-7-27(8-10-28)21(30)18-6-5-16(25)12-20(18)24/h2-6,11-13H,7-10H2,1H3. The van der Waals surface area contributed by atoms with E-state index in [1.54, 1.807) is 32.8 Å². The zero-order valence-corrected chi connectivity index (χ0v) is 18.2. The van der Waals surface area contributed by atoms with Crippen LogP contribution in [0.2, 0.25) is 10.0 Å². The molecule has 4 rings (SSSR count). The van der Waals surface area contributed by atoms with Gasteiger partial charge in [-0.1, -0.05) is 29.3 Å². The summed E-state index contributed by atoms with van der Waals surface area (Å²) in [5.74, 6) is -0.912. The van der Waals surface area contributed by atoms with Gasteiger partial charge in [0, 0.05) is 31.2 Å². The highest BCUT2D eigenvalue weighted by Crippen LogP contribution is 2.22. The van der Waals surface area contributed by atoms with Crippen LogP contribution in [-0.4, -0.2) is 57.6 Å². The van der Waals surface area contributed by atoms with Crippen molar-refractivity contribution in [3.63, 3.8) is 0 Å². The van der Waals surface area contributed by atoms with E-state index in [0.29, 0.717) is 42.5 Å². The van der Waals surface area contributed by atoms with Crippen LogP contribution < -0.4 is 0 Å². The first-order chi connectivity index (χ1) is 14.8. The zero-order chi connectivity index (χ0) is 22.1. The SMILES string of the molecule is Cc1c(C(=O)N2CCN(C(=O)c3ccc(F)cc3Cl)CC2)cnn1-c1cccc(Cl)c1. The van der Waals surface area contributed by atoms with E-state index in [2.05, 4.69) is 5.10 Å². The lowest BCUT2D eigenvalue weighted by Crippen LogP contribution is -2.50. The lowest BCUT2D eigenvalue weighted by molar-refractivity contribution is 0.0535. The molecule has 1 aliphatic heterocycles. The number of aromatic nitrogens is 2. The van der Waals surface area contributed by atoms with Crippen LogP contribution in [-0.2, 0) is 0 Å². The number of amides is 2. The highest BCUT2D eigenvalue weighted by molar-refractivity contribution is 6.33. The second kappa shape index (κ2) is 8.69. The van der Waals surface area contributed by atoms with Crippen molar-refractivity contribution in [2.75, 3.05) is 26.2 Å². The van der Waals surface area contributed by atoms with Crippen LogP contribution in [0.4, 0.5) is 4.39 Å². The van der Waals surface area contributed by atoms with Crippen molar-refractivity contribution in [3.8, 4) is 5.69 Å². The normalized spacial score (nSPS) is 14.1. The largest absolute Gasteiger partial charge is 0.335 e. The summed E-state index contributed by atoms with van der Waals surface area (Å²) in [4.78, 5) is 29.1. The maximum atomic E-state index is 13.2. The lowest BCUT2D eigenvalue weighted by atomic mass is 10.1. The van der Waals surface area contributed by atoms with Crippen molar-refractivity contribution in [3.05, 3.63) is 81.3 Å². The van der Waals surface area contributed by atoms with Crippen LogP contribution >= 0.6 is 23.2 Å². The Bertz CT molecular complexity index is 1160. The molecule has 0 radical (unpaired) electrons. The van der Waals surface area contributed by atoms with Gasteiger partial charge >= 0.3 is 0 Å². The molecule has 0 unspecified atom stereocenters. The second-order valence-corrected chi connectivity index (χ2v) is 8.09. The molecule has 9 heteroatoms. The van der Waals surface area contributed by atoms with Gasteiger partial charge < -0.3 is 9.80 Å². The van der Waals surface area contributed by atoms with Crippen LogP contribution in [0.25, 0.3) is 5.69 Å². The van der Waals surface area contributed by atoms with E-state index < -0.39 is 5.82 Å². The molecule has 0 spiro atoms. The molecule has 3 aromatic rings. The molecule has 0 N–H and O–H groups in total. The van der Waals surface area contributed by atoms with Crippen molar-refractivity contribution < 1.29 is 14.0 Å². The van der Waals surface area contributed by atoms with Gasteiger partial charge in [-0.15, -0.1) is 0 Å². The first-order valence-electron chi connectivity index (χ1n) is 9.69. The summed E-state index contributed by atoms with van der Waals surface area (Å²) < 4.78 is 14.9. The van der Waals surface area contributed by atoms with Gasteiger partial charge in [0.1, 0.15) is 5.82 Å². The molecular weight excluding hydrogens is 442 g/mol. The van der Waals surface area contributed by atoms with Gasteiger partial charge in [-0.25, -0.2) is 9.07 Å². The number of benzene rings is 2. The predicted molar refractivity (Wildman–Crippen MR) is 117 cm³/mol. The van der Waals surface area contributed by atoms with Crippen molar-refractivity contribution in [2.45, 2.75) is 6.92 Å². The molecule has 0 aliphatic carbocycles. The third kappa shape index (κ3) is 4.29. The van der Waals surface area contributed by atoms with E-state index in [1.807, 2.05) is 19.1 Å². The summed E-state index contributed by atoms with van der Waals surface area (Å²) in [5.41, 5.74) is 2.24. The molecule has 0 bridgehead atoms. The van der Waals surface area contributed by atoms with Crippen molar-refractivity contribution in [2.24, 2.45) is 0 Å². The van der Waals surface area contributed by atoms with Gasteiger partial charge in [-0.3, -0.25) is 9.59 Å². The highest BCUT2D eigenvalue weighted by atomic mass is 35.5. The molecule has 6 nitrogen and oxygen atoms in total. The molecule has 160 valence electrons. The number of carbonyl (C=O) groups excluding carboxylic acids is 2. The van der Waals surface area contributed by atoms with E-state index in [0.717, 1.165) is 11.8 Å². The number of nitrogens with zero attached hydrogens (tertiary/aromatic N) is 4. The van der Waals surface area contributed by atoms with E-state index >= 15 is 0 Å². The molecule has 31 heavy (non-hydrogen) atoms. The topological polar surface area (TPSA) is 58.4 Å². The Kier molecular flexibility index (Phi) is 5.98. The predicted octanol–water partition coefficient (Wildman–Crippen LogP) is 4.22. The molecule has 1 aliphatic rings. The van der Waals surface area contributed by atoms with Gasteiger partial charge in [0.2, 0.25) is 0 Å². The fraction of sp³-hybridized carbons (Fsp3) is 0.227. The fourth-order valence-electron chi connectivity index (χ4n) is 3.60. The third-order valence-corrected chi connectivity index (χ3v) is 5.86. The Morgan fingerprint density at radius 1 is 0.935 bits per heavy atom. The van der Waals surface area contributed by atoms with Gasteiger partial charge in [0.15, 0.2) is 0 Å². The molecular formula is C22H19Cl2FN4O2. The van der Waals surface area contributed by atoms with Crippen LogP contribution in [0.15, 0.2) is 48.7 Å². The number of rotatable bonds is 3. The van der Waals surface area contributed by atoms with Crippen LogP contribution in [0.5, 0.6) is 0 Å². The molecule has 2 heterocycles.